The highest BCUT2D eigenvalue weighted by Crippen LogP contribution is 2.32. The number of carbonyl (C=O) groups is 2. The fraction of sp³-hybridized carbons (Fsp3) is 0.333. The van der Waals surface area contributed by atoms with E-state index in [0.717, 1.165) is 18.9 Å². The summed E-state index contributed by atoms with van der Waals surface area (Å²) in [4.78, 5) is 22.3. The Morgan fingerprint density at radius 1 is 1.29 bits per heavy atom. The van der Waals surface area contributed by atoms with Crippen LogP contribution in [0.4, 0.5) is 5.69 Å². The van der Waals surface area contributed by atoms with Crippen LogP contribution in [0.25, 0.3) is 0 Å². The highest BCUT2D eigenvalue weighted by atomic mass is 16.4. The molecule has 0 radical (unpaired) electrons. The molecular formula is C12H13NO4. The first-order valence-electron chi connectivity index (χ1n) is 5.42. The predicted octanol–water partition coefficient (Wildman–Crippen LogP) is 1.83. The fourth-order valence-electron chi connectivity index (χ4n) is 1.60. The van der Waals surface area contributed by atoms with E-state index in [0.29, 0.717) is 18.0 Å². The summed E-state index contributed by atoms with van der Waals surface area (Å²) in [6, 6.07) is 3.79. The maximum Gasteiger partial charge on any atom is 0.335 e. The molecule has 0 saturated heterocycles. The number of nitrogens with one attached hydrogen (secondary N) is 1. The van der Waals surface area contributed by atoms with Crippen LogP contribution < -0.4 is 5.32 Å². The maximum absolute atomic E-state index is 11.5. The van der Waals surface area contributed by atoms with Gasteiger partial charge in [0, 0.05) is 18.2 Å². The van der Waals surface area contributed by atoms with E-state index in [1.807, 2.05) is 0 Å². The highest BCUT2D eigenvalue weighted by Gasteiger charge is 2.24. The standard InChI is InChI=1S/C12H13NO4/c14-10-5-8(12(16)17)4-9(6-10)13-11(15)3-7-1-2-7/h4-7,14H,1-3H2,(H,13,15)(H,16,17). The first-order chi connectivity index (χ1) is 8.04. The quantitative estimate of drug-likeness (QED) is 0.743. The normalized spacial score (nSPS) is 14.4. The van der Waals surface area contributed by atoms with Crippen molar-refractivity contribution >= 4 is 17.6 Å². The van der Waals surface area contributed by atoms with Crippen LogP contribution in [0.3, 0.4) is 0 Å². The Hall–Kier alpha value is -2.04. The number of hydrogen-bond acceptors (Lipinski definition) is 3. The molecule has 90 valence electrons. The Morgan fingerprint density at radius 2 is 2.00 bits per heavy atom. The van der Waals surface area contributed by atoms with Crippen molar-refractivity contribution in [3.05, 3.63) is 23.8 Å². The lowest BCUT2D eigenvalue weighted by molar-refractivity contribution is -0.116. The molecule has 5 heteroatoms. The summed E-state index contributed by atoms with van der Waals surface area (Å²) in [5.41, 5.74) is 0.264. The number of carboxylic acids is 1. The molecule has 0 spiro atoms. The van der Waals surface area contributed by atoms with Crippen molar-refractivity contribution in [2.45, 2.75) is 19.3 Å². The molecule has 1 aliphatic rings. The van der Waals surface area contributed by atoms with Crippen LogP contribution in [0.15, 0.2) is 18.2 Å². The molecule has 0 heterocycles. The number of carboxylic acid groups (broad SMARTS) is 1. The van der Waals surface area contributed by atoms with Gasteiger partial charge in [-0.05, 0) is 30.9 Å². The second-order valence-corrected chi connectivity index (χ2v) is 4.27. The Kier molecular flexibility index (Phi) is 2.99. The molecule has 2 rings (SSSR count). The van der Waals surface area contributed by atoms with Crippen LogP contribution in [0.1, 0.15) is 29.6 Å². The monoisotopic (exact) mass is 235 g/mol. The highest BCUT2D eigenvalue weighted by molar-refractivity contribution is 5.94. The summed E-state index contributed by atoms with van der Waals surface area (Å²) >= 11 is 0. The molecule has 1 aromatic rings. The van der Waals surface area contributed by atoms with Gasteiger partial charge in [0.25, 0.3) is 0 Å². The largest absolute Gasteiger partial charge is 0.508 e. The first-order valence-corrected chi connectivity index (χ1v) is 5.42. The van der Waals surface area contributed by atoms with Gasteiger partial charge in [-0.25, -0.2) is 4.79 Å². The fourth-order valence-corrected chi connectivity index (χ4v) is 1.60. The Labute approximate surface area is 98.1 Å². The van der Waals surface area contributed by atoms with E-state index in [2.05, 4.69) is 5.32 Å². The SMILES string of the molecule is O=C(CC1CC1)Nc1cc(O)cc(C(=O)O)c1. The van der Waals surface area contributed by atoms with Crippen molar-refractivity contribution in [3.8, 4) is 5.75 Å². The average Bonchev–Trinajstić information content (AvgIpc) is 3.00. The molecule has 3 N–H and O–H groups in total. The predicted molar refractivity (Wildman–Crippen MR) is 61.0 cm³/mol. The van der Waals surface area contributed by atoms with E-state index >= 15 is 0 Å². The smallest absolute Gasteiger partial charge is 0.335 e. The van der Waals surface area contributed by atoms with Crippen molar-refractivity contribution in [1.29, 1.82) is 0 Å². The van der Waals surface area contributed by atoms with Gasteiger partial charge in [0.05, 0.1) is 5.56 Å². The van der Waals surface area contributed by atoms with Gasteiger partial charge in [-0.3, -0.25) is 4.79 Å². The van der Waals surface area contributed by atoms with Crippen LogP contribution in [-0.4, -0.2) is 22.1 Å². The van der Waals surface area contributed by atoms with Crippen LogP contribution in [0.2, 0.25) is 0 Å². The van der Waals surface area contributed by atoms with Gasteiger partial charge < -0.3 is 15.5 Å². The topological polar surface area (TPSA) is 86.6 Å². The third kappa shape index (κ3) is 3.21. The molecule has 5 nitrogen and oxygen atoms in total. The molecule has 1 amide bonds. The zero-order valence-electron chi connectivity index (χ0n) is 9.14. The lowest BCUT2D eigenvalue weighted by Crippen LogP contribution is -2.12. The van der Waals surface area contributed by atoms with Crippen LogP contribution in [-0.2, 0) is 4.79 Å². The van der Waals surface area contributed by atoms with Gasteiger partial charge >= 0.3 is 5.97 Å². The molecule has 1 saturated carbocycles. The molecule has 17 heavy (non-hydrogen) atoms. The zero-order valence-corrected chi connectivity index (χ0v) is 9.14. The van der Waals surface area contributed by atoms with Gasteiger partial charge in [0.1, 0.15) is 5.75 Å². The number of phenolic OH excluding ortho intramolecular Hbond substituents is 1. The van der Waals surface area contributed by atoms with Gasteiger partial charge in [-0.2, -0.15) is 0 Å². The first kappa shape index (κ1) is 11.4. The summed E-state index contributed by atoms with van der Waals surface area (Å²) in [5.74, 6) is -0.995. The minimum Gasteiger partial charge on any atom is -0.508 e. The van der Waals surface area contributed by atoms with Crippen molar-refractivity contribution in [2.75, 3.05) is 5.32 Å². The van der Waals surface area contributed by atoms with Gasteiger partial charge in [0.2, 0.25) is 5.91 Å². The van der Waals surface area contributed by atoms with E-state index in [1.54, 1.807) is 0 Å². The number of carbonyl (C=O) groups excluding carboxylic acids is 1. The average molecular weight is 235 g/mol. The van der Waals surface area contributed by atoms with E-state index in [-0.39, 0.29) is 17.2 Å². The molecule has 0 unspecified atom stereocenters. The van der Waals surface area contributed by atoms with Crippen LogP contribution >= 0.6 is 0 Å². The summed E-state index contributed by atoms with van der Waals surface area (Å²) in [7, 11) is 0. The number of anilines is 1. The molecular weight excluding hydrogens is 222 g/mol. The molecule has 0 atom stereocenters. The third-order valence-electron chi connectivity index (χ3n) is 2.62. The molecule has 1 aromatic carbocycles. The minimum absolute atomic E-state index is 0.0493. The maximum atomic E-state index is 11.5. The summed E-state index contributed by atoms with van der Waals surface area (Å²) in [6.45, 7) is 0. The van der Waals surface area contributed by atoms with E-state index in [9.17, 15) is 14.7 Å². The molecule has 0 aromatic heterocycles. The molecule has 1 fully saturated rings. The van der Waals surface area contributed by atoms with E-state index in [1.165, 1.54) is 12.1 Å². The van der Waals surface area contributed by atoms with Crippen LogP contribution in [0, 0.1) is 5.92 Å². The number of hydrogen-bond donors (Lipinski definition) is 3. The number of benzene rings is 1. The number of aromatic carboxylic acids is 1. The lowest BCUT2D eigenvalue weighted by Gasteiger charge is -2.06. The van der Waals surface area contributed by atoms with Crippen LogP contribution in [0.5, 0.6) is 5.75 Å². The van der Waals surface area contributed by atoms with Gasteiger partial charge in [0.15, 0.2) is 0 Å². The second kappa shape index (κ2) is 4.45. The summed E-state index contributed by atoms with van der Waals surface area (Å²) in [5, 5.41) is 20.7. The van der Waals surface area contributed by atoms with Crippen molar-refractivity contribution in [1.82, 2.24) is 0 Å². The molecule has 0 bridgehead atoms. The Morgan fingerprint density at radius 3 is 2.59 bits per heavy atom. The number of rotatable bonds is 4. The minimum atomic E-state index is -1.14. The van der Waals surface area contributed by atoms with E-state index in [4.69, 9.17) is 5.11 Å². The zero-order chi connectivity index (χ0) is 12.4. The number of phenols is 1. The lowest BCUT2D eigenvalue weighted by atomic mass is 10.2. The summed E-state index contributed by atoms with van der Waals surface area (Å²) in [6.07, 6.45) is 2.61. The third-order valence-corrected chi connectivity index (χ3v) is 2.62. The van der Waals surface area contributed by atoms with Crippen molar-refractivity contribution in [3.63, 3.8) is 0 Å². The van der Waals surface area contributed by atoms with Gasteiger partial charge in [-0.15, -0.1) is 0 Å². The Bertz CT molecular complexity index is 466. The second-order valence-electron chi connectivity index (χ2n) is 4.27. The number of aromatic hydroxyl groups is 1. The van der Waals surface area contributed by atoms with Crippen molar-refractivity contribution in [2.24, 2.45) is 5.92 Å². The van der Waals surface area contributed by atoms with E-state index < -0.39 is 5.97 Å². The molecule has 1 aliphatic carbocycles. The molecule has 0 aliphatic heterocycles. The van der Waals surface area contributed by atoms with Crippen molar-refractivity contribution < 1.29 is 19.8 Å². The Balaban J connectivity index is 2.08. The number of amides is 1. The summed E-state index contributed by atoms with van der Waals surface area (Å²) < 4.78 is 0. The van der Waals surface area contributed by atoms with Gasteiger partial charge in [-0.1, -0.05) is 0 Å².